The maximum absolute atomic E-state index is 12.3. The van der Waals surface area contributed by atoms with Crippen LogP contribution in [0, 0.1) is 0 Å². The fraction of sp³-hybridized carbons (Fsp3) is 0.476. The molecule has 0 unspecified atom stereocenters. The number of aromatic nitrogens is 2. The molecule has 1 saturated heterocycles. The Morgan fingerprint density at radius 1 is 1.10 bits per heavy atom. The number of nitrogens with one attached hydrogen (secondary N) is 2. The average molecular weight is 399 g/mol. The van der Waals surface area contributed by atoms with Gasteiger partial charge in [0.05, 0.1) is 18.8 Å². The van der Waals surface area contributed by atoms with Crippen molar-refractivity contribution in [1.29, 1.82) is 0 Å². The summed E-state index contributed by atoms with van der Waals surface area (Å²) in [6.07, 6.45) is 3.09. The van der Waals surface area contributed by atoms with E-state index in [1.807, 2.05) is 12.1 Å². The van der Waals surface area contributed by atoms with E-state index in [0.29, 0.717) is 18.1 Å². The van der Waals surface area contributed by atoms with Crippen molar-refractivity contribution >= 4 is 23.2 Å². The van der Waals surface area contributed by atoms with Gasteiger partial charge in [-0.05, 0) is 38.1 Å². The monoisotopic (exact) mass is 398 g/mol. The molecule has 0 bridgehead atoms. The highest BCUT2D eigenvalue weighted by Gasteiger charge is 2.11. The molecule has 156 valence electrons. The topological polar surface area (TPSA) is 82.6 Å². The first-order chi connectivity index (χ1) is 14.2. The molecule has 1 aliphatic heterocycles. The highest BCUT2D eigenvalue weighted by molar-refractivity contribution is 5.93. The second kappa shape index (κ2) is 10.7. The predicted octanol–water partition coefficient (Wildman–Crippen LogP) is 2.13. The number of hydrogen-bond donors (Lipinski definition) is 2. The molecule has 1 amide bonds. The molecule has 0 radical (unpaired) electrons. The molecule has 8 nitrogen and oxygen atoms in total. The molecule has 1 aromatic heterocycles. The first-order valence-electron chi connectivity index (χ1n) is 10.2. The van der Waals surface area contributed by atoms with Gasteiger partial charge in [-0.1, -0.05) is 0 Å². The van der Waals surface area contributed by atoms with Crippen LogP contribution in [0.3, 0.4) is 0 Å². The summed E-state index contributed by atoms with van der Waals surface area (Å²) < 4.78 is 5.32. The number of rotatable bonds is 9. The maximum atomic E-state index is 12.3. The summed E-state index contributed by atoms with van der Waals surface area (Å²) in [5.41, 5.74) is 2.54. The number of nitrogens with zero attached hydrogens (tertiary/aromatic N) is 4. The van der Waals surface area contributed by atoms with Crippen molar-refractivity contribution in [2.45, 2.75) is 13.8 Å². The van der Waals surface area contributed by atoms with Crippen molar-refractivity contribution in [1.82, 2.24) is 20.2 Å². The second-order valence-electron chi connectivity index (χ2n) is 6.85. The Labute approximate surface area is 172 Å². The molecule has 1 aliphatic rings. The van der Waals surface area contributed by atoms with E-state index in [9.17, 15) is 4.79 Å². The van der Waals surface area contributed by atoms with Gasteiger partial charge in [0.1, 0.15) is 0 Å². The standard InChI is InChI=1S/C21H30N6O2/c1-3-27(4-2)19-7-5-18(6-8-19)25-21-23-15-17(16-24-21)20(28)22-9-10-26-11-13-29-14-12-26/h5-8,15-16H,3-4,9-14H2,1-2H3,(H,22,28)(H,23,24,25). The van der Waals surface area contributed by atoms with Crippen molar-refractivity contribution in [2.75, 3.05) is 62.7 Å². The predicted molar refractivity (Wildman–Crippen MR) is 115 cm³/mol. The number of carbonyl (C=O) groups excluding carboxylic acids is 1. The third-order valence-corrected chi connectivity index (χ3v) is 4.98. The fourth-order valence-electron chi connectivity index (χ4n) is 3.24. The highest BCUT2D eigenvalue weighted by Crippen LogP contribution is 2.19. The van der Waals surface area contributed by atoms with E-state index in [1.54, 1.807) is 12.4 Å². The van der Waals surface area contributed by atoms with Crippen molar-refractivity contribution in [3.05, 3.63) is 42.2 Å². The number of benzene rings is 1. The number of morpholine rings is 1. The lowest BCUT2D eigenvalue weighted by Crippen LogP contribution is -2.41. The van der Waals surface area contributed by atoms with Crippen LogP contribution in [0.4, 0.5) is 17.3 Å². The van der Waals surface area contributed by atoms with Gasteiger partial charge >= 0.3 is 0 Å². The van der Waals surface area contributed by atoms with E-state index in [-0.39, 0.29) is 5.91 Å². The second-order valence-corrected chi connectivity index (χ2v) is 6.85. The number of amides is 1. The SMILES string of the molecule is CCN(CC)c1ccc(Nc2ncc(C(=O)NCCN3CCOCC3)cn2)cc1. The van der Waals surface area contributed by atoms with Crippen molar-refractivity contribution in [2.24, 2.45) is 0 Å². The van der Waals surface area contributed by atoms with E-state index >= 15 is 0 Å². The molecule has 1 aromatic carbocycles. The van der Waals surface area contributed by atoms with Gasteiger partial charge in [-0.2, -0.15) is 0 Å². The molecule has 2 heterocycles. The average Bonchev–Trinajstić information content (AvgIpc) is 2.77. The normalized spacial score (nSPS) is 14.4. The van der Waals surface area contributed by atoms with Crippen LogP contribution in [0.25, 0.3) is 0 Å². The van der Waals surface area contributed by atoms with Crippen LogP contribution in [-0.4, -0.2) is 73.3 Å². The molecule has 0 atom stereocenters. The minimum atomic E-state index is -0.159. The Hall–Kier alpha value is -2.71. The van der Waals surface area contributed by atoms with Gasteiger partial charge in [0.15, 0.2) is 0 Å². The molecule has 0 saturated carbocycles. The van der Waals surface area contributed by atoms with Gasteiger partial charge in [-0.15, -0.1) is 0 Å². The van der Waals surface area contributed by atoms with Crippen LogP contribution in [0.2, 0.25) is 0 Å². The Bertz CT molecular complexity index is 756. The first kappa shape index (κ1) is 21.0. The summed E-state index contributed by atoms with van der Waals surface area (Å²) in [6.45, 7) is 11.0. The van der Waals surface area contributed by atoms with Crippen molar-refractivity contribution in [3.8, 4) is 0 Å². The Balaban J connectivity index is 1.48. The molecular weight excluding hydrogens is 368 g/mol. The Morgan fingerprint density at radius 3 is 2.38 bits per heavy atom. The van der Waals surface area contributed by atoms with E-state index in [4.69, 9.17) is 4.74 Å². The van der Waals surface area contributed by atoms with Crippen LogP contribution in [0.5, 0.6) is 0 Å². The summed E-state index contributed by atoms with van der Waals surface area (Å²) in [4.78, 5) is 25.3. The van der Waals surface area contributed by atoms with Gasteiger partial charge in [-0.25, -0.2) is 9.97 Å². The number of carbonyl (C=O) groups is 1. The third kappa shape index (κ3) is 6.13. The van der Waals surface area contributed by atoms with Gasteiger partial charge in [0.2, 0.25) is 5.95 Å². The number of hydrogen-bond acceptors (Lipinski definition) is 7. The van der Waals surface area contributed by atoms with Crippen LogP contribution < -0.4 is 15.5 Å². The lowest BCUT2D eigenvalue weighted by Gasteiger charge is -2.26. The zero-order chi connectivity index (χ0) is 20.5. The molecule has 0 spiro atoms. The van der Waals surface area contributed by atoms with E-state index in [0.717, 1.165) is 51.6 Å². The minimum absolute atomic E-state index is 0.159. The molecule has 2 aromatic rings. The molecule has 2 N–H and O–H groups in total. The van der Waals surface area contributed by atoms with Crippen LogP contribution in [0.1, 0.15) is 24.2 Å². The summed E-state index contributed by atoms with van der Waals surface area (Å²) in [5.74, 6) is 0.304. The number of ether oxygens (including phenoxy) is 1. The van der Waals surface area contributed by atoms with Crippen LogP contribution in [0.15, 0.2) is 36.7 Å². The van der Waals surface area contributed by atoms with Crippen LogP contribution >= 0.6 is 0 Å². The van der Waals surface area contributed by atoms with Crippen molar-refractivity contribution in [3.63, 3.8) is 0 Å². The molecule has 3 rings (SSSR count). The fourth-order valence-corrected chi connectivity index (χ4v) is 3.24. The third-order valence-electron chi connectivity index (χ3n) is 4.98. The van der Waals surface area contributed by atoms with Gasteiger partial charge < -0.3 is 20.3 Å². The zero-order valence-corrected chi connectivity index (χ0v) is 17.2. The minimum Gasteiger partial charge on any atom is -0.379 e. The molecular formula is C21H30N6O2. The summed E-state index contributed by atoms with van der Waals surface area (Å²) in [5, 5.41) is 6.08. The summed E-state index contributed by atoms with van der Waals surface area (Å²) in [7, 11) is 0. The van der Waals surface area contributed by atoms with E-state index < -0.39 is 0 Å². The van der Waals surface area contributed by atoms with E-state index in [2.05, 4.69) is 56.4 Å². The highest BCUT2D eigenvalue weighted by atomic mass is 16.5. The molecule has 0 aliphatic carbocycles. The number of anilines is 3. The maximum Gasteiger partial charge on any atom is 0.254 e. The quantitative estimate of drug-likeness (QED) is 0.669. The molecule has 1 fully saturated rings. The van der Waals surface area contributed by atoms with Gasteiger partial charge in [0, 0.05) is 63.0 Å². The lowest BCUT2D eigenvalue weighted by atomic mass is 10.2. The molecule has 29 heavy (non-hydrogen) atoms. The lowest BCUT2D eigenvalue weighted by molar-refractivity contribution is 0.0383. The van der Waals surface area contributed by atoms with E-state index in [1.165, 1.54) is 5.69 Å². The Kier molecular flexibility index (Phi) is 7.77. The summed E-state index contributed by atoms with van der Waals surface area (Å²) in [6, 6.07) is 8.16. The van der Waals surface area contributed by atoms with Gasteiger partial charge in [-0.3, -0.25) is 9.69 Å². The summed E-state index contributed by atoms with van der Waals surface area (Å²) >= 11 is 0. The first-order valence-corrected chi connectivity index (χ1v) is 10.2. The van der Waals surface area contributed by atoms with Crippen LogP contribution in [-0.2, 0) is 4.74 Å². The smallest absolute Gasteiger partial charge is 0.254 e. The zero-order valence-electron chi connectivity index (χ0n) is 17.2. The Morgan fingerprint density at radius 2 is 1.76 bits per heavy atom. The van der Waals surface area contributed by atoms with Gasteiger partial charge in [0.25, 0.3) is 5.91 Å². The largest absolute Gasteiger partial charge is 0.379 e. The van der Waals surface area contributed by atoms with Crippen molar-refractivity contribution < 1.29 is 9.53 Å². The molecule has 8 heteroatoms.